The molecule has 1 heterocycles. The molecule has 23 heavy (non-hydrogen) atoms. The Kier molecular flexibility index (Phi) is 3.92. The van der Waals surface area contributed by atoms with Gasteiger partial charge in [-0.1, -0.05) is 39.0 Å². The van der Waals surface area contributed by atoms with E-state index in [4.69, 9.17) is 9.16 Å². The van der Waals surface area contributed by atoms with Gasteiger partial charge in [-0.3, -0.25) is 4.79 Å². The Bertz CT molecular complexity index is 545. The average Bonchev–Trinajstić information content (AvgIpc) is 2.97. The minimum absolute atomic E-state index is 0.0622. The molecular weight excluding hydrogens is 304 g/mol. The normalized spacial score (nSPS) is 39.8. The predicted molar refractivity (Wildman–Crippen MR) is 94.5 cm³/mol. The number of ether oxygens (including phenoxy) is 1. The molecule has 0 aromatic rings. The lowest BCUT2D eigenvalue weighted by molar-refractivity contribution is -0.143. The fourth-order valence-electron chi connectivity index (χ4n) is 4.32. The number of cyclic esters (lactones) is 1. The van der Waals surface area contributed by atoms with Crippen LogP contribution >= 0.6 is 0 Å². The van der Waals surface area contributed by atoms with Gasteiger partial charge >= 0.3 is 5.97 Å². The lowest BCUT2D eigenvalue weighted by atomic mass is 9.65. The van der Waals surface area contributed by atoms with Gasteiger partial charge in [-0.25, -0.2) is 0 Å². The zero-order chi connectivity index (χ0) is 17.0. The van der Waals surface area contributed by atoms with Gasteiger partial charge in [0.05, 0.1) is 18.6 Å². The molecule has 3 rings (SSSR count). The summed E-state index contributed by atoms with van der Waals surface area (Å²) in [5.74, 6) is 0.693. The monoisotopic (exact) mass is 334 g/mol. The molecule has 1 spiro atoms. The summed E-state index contributed by atoms with van der Waals surface area (Å²) in [5, 5.41) is 0.132. The van der Waals surface area contributed by atoms with Gasteiger partial charge in [0.1, 0.15) is 0 Å². The molecule has 0 aromatic carbocycles. The summed E-state index contributed by atoms with van der Waals surface area (Å²) in [6.45, 7) is 15.7. The number of rotatable bonds is 3. The summed E-state index contributed by atoms with van der Waals surface area (Å²) >= 11 is 0. The first-order valence-electron chi connectivity index (χ1n) is 8.76. The molecule has 0 aromatic heterocycles. The molecular formula is C19H30O3Si. The fourth-order valence-corrected chi connectivity index (χ4v) is 5.57. The van der Waals surface area contributed by atoms with E-state index in [0.717, 1.165) is 12.8 Å². The second-order valence-electron chi connectivity index (χ2n) is 9.09. The first-order valence-corrected chi connectivity index (χ1v) is 11.7. The van der Waals surface area contributed by atoms with E-state index in [0.29, 0.717) is 18.4 Å². The third-order valence-electron chi connectivity index (χ3n) is 6.73. The Morgan fingerprint density at radius 1 is 1.39 bits per heavy atom. The number of carbonyl (C=O) groups is 1. The van der Waals surface area contributed by atoms with Crippen molar-refractivity contribution in [1.82, 2.24) is 0 Å². The van der Waals surface area contributed by atoms with Crippen molar-refractivity contribution in [1.29, 1.82) is 0 Å². The van der Waals surface area contributed by atoms with Crippen molar-refractivity contribution in [3.63, 3.8) is 0 Å². The van der Waals surface area contributed by atoms with Crippen molar-refractivity contribution >= 4 is 14.3 Å². The average molecular weight is 335 g/mol. The maximum absolute atomic E-state index is 12.5. The summed E-state index contributed by atoms with van der Waals surface area (Å²) in [4.78, 5) is 12.5. The Hall–Kier alpha value is -0.873. The standard InChI is InChI=1S/C19H30O3Si/c1-7-13-10-14-8-9-15(22-23(5,6)18(2,3)4)16-17(20)21-12-19(14,16)11-13/h7-9,13-16H,1,10-12H2,2-6H3/t13-,14+,15+,16+,19+/m1/s1. The van der Waals surface area contributed by atoms with Gasteiger partial charge in [-0.05, 0) is 42.8 Å². The molecule has 2 aliphatic carbocycles. The quantitative estimate of drug-likeness (QED) is 0.438. The maximum atomic E-state index is 12.5. The van der Waals surface area contributed by atoms with Crippen LogP contribution in [0.4, 0.5) is 0 Å². The highest BCUT2D eigenvalue weighted by Crippen LogP contribution is 2.59. The topological polar surface area (TPSA) is 35.5 Å². The van der Waals surface area contributed by atoms with Crippen LogP contribution in [0, 0.1) is 23.2 Å². The number of esters is 1. The fraction of sp³-hybridized carbons (Fsp3) is 0.737. The van der Waals surface area contributed by atoms with E-state index in [2.05, 4.69) is 52.6 Å². The van der Waals surface area contributed by atoms with Crippen molar-refractivity contribution in [3.05, 3.63) is 24.8 Å². The van der Waals surface area contributed by atoms with Crippen molar-refractivity contribution in [3.8, 4) is 0 Å². The second-order valence-corrected chi connectivity index (χ2v) is 13.8. The second kappa shape index (κ2) is 5.32. The SMILES string of the molecule is C=C[C@@H]1C[C@@H]2C=C[C@H](O[Si](C)(C)C(C)(C)C)[C@H]3C(=O)OC[C@]32C1. The van der Waals surface area contributed by atoms with Gasteiger partial charge in [0.15, 0.2) is 8.32 Å². The maximum Gasteiger partial charge on any atom is 0.312 e. The van der Waals surface area contributed by atoms with Crippen molar-refractivity contribution < 1.29 is 14.0 Å². The molecule has 1 aliphatic heterocycles. The van der Waals surface area contributed by atoms with Gasteiger partial charge in [0.2, 0.25) is 0 Å². The summed E-state index contributed by atoms with van der Waals surface area (Å²) in [6.07, 6.45) is 8.43. The van der Waals surface area contributed by atoms with E-state index in [1.807, 2.05) is 6.08 Å². The van der Waals surface area contributed by atoms with Gasteiger partial charge in [-0.15, -0.1) is 6.58 Å². The molecule has 1 saturated heterocycles. The van der Waals surface area contributed by atoms with E-state index < -0.39 is 8.32 Å². The molecule has 2 fully saturated rings. The van der Waals surface area contributed by atoms with E-state index in [1.54, 1.807) is 0 Å². The van der Waals surface area contributed by atoms with E-state index in [1.165, 1.54) is 0 Å². The lowest BCUT2D eigenvalue weighted by Crippen LogP contribution is -2.51. The smallest absolute Gasteiger partial charge is 0.312 e. The Morgan fingerprint density at radius 3 is 2.70 bits per heavy atom. The number of hydrogen-bond acceptors (Lipinski definition) is 3. The zero-order valence-electron chi connectivity index (χ0n) is 15.1. The molecule has 1 saturated carbocycles. The molecule has 0 amide bonds. The number of carbonyl (C=O) groups excluding carboxylic acids is 1. The number of hydrogen-bond donors (Lipinski definition) is 0. The molecule has 3 aliphatic rings. The third-order valence-corrected chi connectivity index (χ3v) is 11.2. The molecule has 0 unspecified atom stereocenters. The number of allylic oxidation sites excluding steroid dienone is 2. The van der Waals surface area contributed by atoms with Crippen LogP contribution in [0.15, 0.2) is 24.8 Å². The Labute approximate surface area is 141 Å². The van der Waals surface area contributed by atoms with Crippen LogP contribution in [0.1, 0.15) is 33.6 Å². The van der Waals surface area contributed by atoms with E-state index in [-0.39, 0.29) is 28.4 Å². The van der Waals surface area contributed by atoms with Gasteiger partial charge in [-0.2, -0.15) is 0 Å². The Morgan fingerprint density at radius 2 is 2.09 bits per heavy atom. The molecule has 5 atom stereocenters. The molecule has 128 valence electrons. The van der Waals surface area contributed by atoms with Gasteiger partial charge < -0.3 is 9.16 Å². The molecule has 0 N–H and O–H groups in total. The van der Waals surface area contributed by atoms with Crippen molar-refractivity contribution in [2.45, 2.75) is 57.8 Å². The van der Waals surface area contributed by atoms with Crippen LogP contribution in [-0.4, -0.2) is 27.0 Å². The first-order chi connectivity index (χ1) is 10.6. The molecule has 3 nitrogen and oxygen atoms in total. The molecule has 4 heteroatoms. The zero-order valence-corrected chi connectivity index (χ0v) is 16.1. The highest BCUT2D eigenvalue weighted by atomic mass is 28.4. The van der Waals surface area contributed by atoms with Gasteiger partial charge in [0.25, 0.3) is 0 Å². The summed E-state index contributed by atoms with van der Waals surface area (Å²) in [7, 11) is -1.93. The third kappa shape index (κ3) is 2.54. The summed E-state index contributed by atoms with van der Waals surface area (Å²) < 4.78 is 12.2. The van der Waals surface area contributed by atoms with Crippen LogP contribution < -0.4 is 0 Å². The van der Waals surface area contributed by atoms with Crippen LogP contribution in [0.5, 0.6) is 0 Å². The summed E-state index contributed by atoms with van der Waals surface area (Å²) in [5.41, 5.74) is -0.0717. The highest BCUT2D eigenvalue weighted by Gasteiger charge is 2.62. The van der Waals surface area contributed by atoms with E-state index in [9.17, 15) is 4.79 Å². The van der Waals surface area contributed by atoms with Crippen LogP contribution in [-0.2, 0) is 14.0 Å². The summed E-state index contributed by atoms with van der Waals surface area (Å²) in [6, 6.07) is 0. The van der Waals surface area contributed by atoms with Crippen molar-refractivity contribution in [2.75, 3.05) is 6.61 Å². The minimum atomic E-state index is -1.93. The van der Waals surface area contributed by atoms with Crippen LogP contribution in [0.25, 0.3) is 0 Å². The first kappa shape index (κ1) is 17.0. The Balaban J connectivity index is 1.92. The predicted octanol–water partition coefficient (Wildman–Crippen LogP) is 4.32. The van der Waals surface area contributed by atoms with Crippen LogP contribution in [0.3, 0.4) is 0 Å². The highest BCUT2D eigenvalue weighted by molar-refractivity contribution is 6.74. The molecule has 0 bridgehead atoms. The van der Waals surface area contributed by atoms with Crippen LogP contribution in [0.2, 0.25) is 18.1 Å². The van der Waals surface area contributed by atoms with E-state index >= 15 is 0 Å². The minimum Gasteiger partial charge on any atom is -0.465 e. The van der Waals surface area contributed by atoms with Crippen molar-refractivity contribution in [2.24, 2.45) is 23.2 Å². The van der Waals surface area contributed by atoms with Gasteiger partial charge in [0, 0.05) is 5.41 Å². The molecule has 0 radical (unpaired) electrons. The largest absolute Gasteiger partial charge is 0.465 e. The lowest BCUT2D eigenvalue weighted by Gasteiger charge is -2.44.